The van der Waals surface area contributed by atoms with Gasteiger partial charge in [-0.05, 0) is 51.8 Å². The highest BCUT2D eigenvalue weighted by Crippen LogP contribution is 2.26. The van der Waals surface area contributed by atoms with Crippen LogP contribution in [-0.4, -0.2) is 13.2 Å². The van der Waals surface area contributed by atoms with Gasteiger partial charge in [-0.25, -0.2) is 0 Å². The zero-order chi connectivity index (χ0) is 13.7. The predicted octanol–water partition coefficient (Wildman–Crippen LogP) is 3.14. The molecule has 0 aliphatic heterocycles. The van der Waals surface area contributed by atoms with Crippen molar-refractivity contribution < 1.29 is 4.74 Å². The molecule has 5 heteroatoms. The van der Waals surface area contributed by atoms with Crippen molar-refractivity contribution in [1.82, 2.24) is 5.43 Å². The second kappa shape index (κ2) is 7.05. The largest absolute Gasteiger partial charge is 0.496 e. The van der Waals surface area contributed by atoms with E-state index in [9.17, 15) is 0 Å². The number of thiophene rings is 1. The molecule has 0 aliphatic rings. The fraction of sp³-hybridized carbons (Fsp3) is 0.286. The summed E-state index contributed by atoms with van der Waals surface area (Å²) in [5.41, 5.74) is 4.06. The molecule has 3 N–H and O–H groups in total. The summed E-state index contributed by atoms with van der Waals surface area (Å²) in [6, 6.07) is 10.3. The van der Waals surface area contributed by atoms with E-state index in [-0.39, 0.29) is 6.04 Å². The summed E-state index contributed by atoms with van der Waals surface area (Å²) in [5.74, 6) is 6.59. The van der Waals surface area contributed by atoms with Crippen LogP contribution in [0.1, 0.15) is 10.4 Å². The summed E-state index contributed by atoms with van der Waals surface area (Å²) in [7, 11) is 1.69. The Bertz CT molecular complexity index is 530. The number of halogens is 1. The van der Waals surface area contributed by atoms with Crippen molar-refractivity contribution in [1.29, 1.82) is 0 Å². The molecule has 0 fully saturated rings. The molecule has 1 atom stereocenters. The second-order valence-electron chi connectivity index (χ2n) is 4.28. The maximum absolute atomic E-state index is 5.68. The number of nitrogens with two attached hydrogens (primary N) is 1. The van der Waals surface area contributed by atoms with Gasteiger partial charge >= 0.3 is 0 Å². The zero-order valence-corrected chi connectivity index (χ0v) is 13.1. The lowest BCUT2D eigenvalue weighted by Gasteiger charge is -2.17. The van der Waals surface area contributed by atoms with Crippen molar-refractivity contribution >= 4 is 27.3 Å². The molecule has 1 heterocycles. The van der Waals surface area contributed by atoms with Gasteiger partial charge in [-0.15, -0.1) is 11.3 Å². The Morgan fingerprint density at radius 3 is 2.74 bits per heavy atom. The zero-order valence-electron chi connectivity index (χ0n) is 10.7. The highest BCUT2D eigenvalue weighted by atomic mass is 79.9. The van der Waals surface area contributed by atoms with E-state index in [4.69, 9.17) is 10.6 Å². The molecule has 0 saturated heterocycles. The Balaban J connectivity index is 2.09. The molecule has 0 bridgehead atoms. The number of rotatable bonds is 6. The van der Waals surface area contributed by atoms with Crippen molar-refractivity contribution in [3.05, 3.63) is 50.6 Å². The van der Waals surface area contributed by atoms with Gasteiger partial charge in [0.05, 0.1) is 7.11 Å². The summed E-state index contributed by atoms with van der Waals surface area (Å²) in [5, 5.41) is 2.08. The molecule has 0 amide bonds. The van der Waals surface area contributed by atoms with Crippen LogP contribution in [0.4, 0.5) is 0 Å². The number of benzene rings is 1. The monoisotopic (exact) mass is 340 g/mol. The van der Waals surface area contributed by atoms with Crippen molar-refractivity contribution in [3.8, 4) is 5.75 Å². The van der Waals surface area contributed by atoms with Gasteiger partial charge in [0.1, 0.15) is 5.75 Å². The van der Waals surface area contributed by atoms with E-state index in [1.165, 1.54) is 10.4 Å². The third kappa shape index (κ3) is 3.79. The summed E-state index contributed by atoms with van der Waals surface area (Å²) >= 11 is 5.29. The Hall–Kier alpha value is -0.880. The topological polar surface area (TPSA) is 47.3 Å². The van der Waals surface area contributed by atoms with Gasteiger partial charge in [0, 0.05) is 15.4 Å². The number of hydrogen-bond acceptors (Lipinski definition) is 4. The quantitative estimate of drug-likeness (QED) is 0.627. The van der Waals surface area contributed by atoms with Gasteiger partial charge in [0.25, 0.3) is 0 Å². The van der Waals surface area contributed by atoms with E-state index in [0.717, 1.165) is 23.1 Å². The number of ether oxygens (including phenoxy) is 1. The normalized spacial score (nSPS) is 12.4. The Morgan fingerprint density at radius 2 is 2.11 bits per heavy atom. The average Bonchev–Trinajstić information content (AvgIpc) is 2.84. The first-order chi connectivity index (χ1) is 9.24. The highest BCUT2D eigenvalue weighted by Gasteiger charge is 2.14. The van der Waals surface area contributed by atoms with Crippen LogP contribution in [0.25, 0.3) is 0 Å². The molecule has 0 saturated carbocycles. The highest BCUT2D eigenvalue weighted by molar-refractivity contribution is 9.10. The lowest BCUT2D eigenvalue weighted by molar-refractivity contribution is 0.405. The minimum atomic E-state index is 0.186. The molecule has 102 valence electrons. The molecule has 0 aliphatic carbocycles. The van der Waals surface area contributed by atoms with E-state index in [1.807, 2.05) is 18.2 Å². The van der Waals surface area contributed by atoms with Gasteiger partial charge in [0.15, 0.2) is 0 Å². The van der Waals surface area contributed by atoms with Crippen molar-refractivity contribution in [3.63, 3.8) is 0 Å². The summed E-state index contributed by atoms with van der Waals surface area (Å²) < 4.78 is 6.53. The molecule has 0 spiro atoms. The second-order valence-corrected chi connectivity index (χ2v) is 6.13. The molecule has 3 nitrogen and oxygen atoms in total. The van der Waals surface area contributed by atoms with Crippen LogP contribution < -0.4 is 16.0 Å². The van der Waals surface area contributed by atoms with E-state index >= 15 is 0 Å². The molecule has 1 aromatic heterocycles. The van der Waals surface area contributed by atoms with Gasteiger partial charge < -0.3 is 4.74 Å². The van der Waals surface area contributed by atoms with Crippen LogP contribution in [0.5, 0.6) is 5.75 Å². The van der Waals surface area contributed by atoms with E-state index in [2.05, 4.69) is 38.9 Å². The Labute approximate surface area is 125 Å². The van der Waals surface area contributed by atoms with Crippen LogP contribution >= 0.6 is 27.3 Å². The number of para-hydroxylation sites is 1. The molecular formula is C14H17BrN2OS. The lowest BCUT2D eigenvalue weighted by atomic mass is 10.0. The first kappa shape index (κ1) is 14.5. The van der Waals surface area contributed by atoms with Crippen molar-refractivity contribution in [2.75, 3.05) is 7.11 Å². The van der Waals surface area contributed by atoms with Crippen molar-refractivity contribution in [2.24, 2.45) is 5.84 Å². The molecule has 1 unspecified atom stereocenters. The summed E-state index contributed by atoms with van der Waals surface area (Å²) in [4.78, 5) is 1.30. The van der Waals surface area contributed by atoms with Crippen LogP contribution in [0.15, 0.2) is 40.2 Å². The number of hydrazine groups is 1. The fourth-order valence-electron chi connectivity index (χ4n) is 2.02. The summed E-state index contributed by atoms with van der Waals surface area (Å²) in [6.07, 6.45) is 1.73. The van der Waals surface area contributed by atoms with Crippen LogP contribution in [-0.2, 0) is 12.8 Å². The summed E-state index contributed by atoms with van der Waals surface area (Å²) in [6.45, 7) is 0. The smallest absolute Gasteiger partial charge is 0.122 e. The maximum Gasteiger partial charge on any atom is 0.122 e. The van der Waals surface area contributed by atoms with Gasteiger partial charge in [0.2, 0.25) is 0 Å². The average molecular weight is 341 g/mol. The Morgan fingerprint density at radius 1 is 1.32 bits per heavy atom. The maximum atomic E-state index is 5.68. The SMILES string of the molecule is COc1ccccc1CC(Cc1sccc1Br)NN. The van der Waals surface area contributed by atoms with Crippen molar-refractivity contribution in [2.45, 2.75) is 18.9 Å². The molecular weight excluding hydrogens is 324 g/mol. The molecule has 19 heavy (non-hydrogen) atoms. The fourth-order valence-corrected chi connectivity index (χ4v) is 3.62. The van der Waals surface area contributed by atoms with Crippen LogP contribution in [0.3, 0.4) is 0 Å². The van der Waals surface area contributed by atoms with E-state index < -0.39 is 0 Å². The first-order valence-corrected chi connectivity index (χ1v) is 7.71. The van der Waals surface area contributed by atoms with Crippen LogP contribution in [0.2, 0.25) is 0 Å². The molecule has 2 rings (SSSR count). The Kier molecular flexibility index (Phi) is 5.39. The van der Waals surface area contributed by atoms with E-state index in [1.54, 1.807) is 18.4 Å². The first-order valence-electron chi connectivity index (χ1n) is 6.04. The predicted molar refractivity (Wildman–Crippen MR) is 83.5 cm³/mol. The third-order valence-corrected chi connectivity index (χ3v) is 4.97. The minimum absolute atomic E-state index is 0.186. The van der Waals surface area contributed by atoms with E-state index in [0.29, 0.717) is 0 Å². The number of methoxy groups -OCH3 is 1. The third-order valence-electron chi connectivity index (χ3n) is 3.02. The van der Waals surface area contributed by atoms with Crippen LogP contribution in [0, 0.1) is 0 Å². The molecule has 2 aromatic rings. The number of hydrogen-bond donors (Lipinski definition) is 2. The van der Waals surface area contributed by atoms with Gasteiger partial charge in [-0.2, -0.15) is 0 Å². The molecule has 1 aromatic carbocycles. The lowest BCUT2D eigenvalue weighted by Crippen LogP contribution is -2.38. The standard InChI is InChI=1S/C14H17BrN2OS/c1-18-13-5-3-2-4-10(13)8-11(17-16)9-14-12(15)6-7-19-14/h2-7,11,17H,8-9,16H2,1H3. The number of nitrogens with one attached hydrogen (secondary N) is 1. The minimum Gasteiger partial charge on any atom is -0.496 e. The van der Waals surface area contributed by atoms with Gasteiger partial charge in [-0.1, -0.05) is 18.2 Å². The van der Waals surface area contributed by atoms with Gasteiger partial charge in [-0.3, -0.25) is 11.3 Å². The molecule has 0 radical (unpaired) electrons.